The van der Waals surface area contributed by atoms with E-state index in [2.05, 4.69) is 5.32 Å². The summed E-state index contributed by atoms with van der Waals surface area (Å²) < 4.78 is 4.96. The van der Waals surface area contributed by atoms with Gasteiger partial charge in [-0.3, -0.25) is 10.1 Å². The zero-order chi connectivity index (χ0) is 10.7. The number of hydrogen-bond donors (Lipinski definition) is 1. The maximum absolute atomic E-state index is 10.5. The lowest BCUT2D eigenvalue weighted by molar-refractivity contribution is -0.384. The Kier molecular flexibility index (Phi) is 3.14. The second kappa shape index (κ2) is 4.15. The van der Waals surface area contributed by atoms with E-state index < -0.39 is 4.92 Å². The molecular weight excluding hydrogens is 208 g/mol. The van der Waals surface area contributed by atoms with Gasteiger partial charge in [0, 0.05) is 13.1 Å². The van der Waals surface area contributed by atoms with Crippen LogP contribution in [0.5, 0.6) is 5.75 Å². The molecule has 0 fully saturated rings. The molecule has 6 heteroatoms. The summed E-state index contributed by atoms with van der Waals surface area (Å²) in [5.41, 5.74) is 0.450. The molecule has 0 spiro atoms. The van der Waals surface area contributed by atoms with Gasteiger partial charge in [-0.05, 0) is 6.07 Å². The molecule has 0 aliphatic rings. The van der Waals surface area contributed by atoms with Gasteiger partial charge in [0.05, 0.1) is 17.7 Å². The minimum atomic E-state index is -0.551. The van der Waals surface area contributed by atoms with Gasteiger partial charge in [0.1, 0.15) is 0 Å². The fourth-order valence-electron chi connectivity index (χ4n) is 1.08. The summed E-state index contributed by atoms with van der Waals surface area (Å²) in [6, 6.07) is 2.87. The van der Waals surface area contributed by atoms with Crippen LogP contribution in [-0.2, 0) is 0 Å². The second-order valence-corrected chi connectivity index (χ2v) is 2.86. The van der Waals surface area contributed by atoms with Crippen molar-refractivity contribution in [1.29, 1.82) is 0 Å². The Balaban J connectivity index is 3.34. The summed E-state index contributed by atoms with van der Waals surface area (Å²) in [7, 11) is 3.09. The third-order valence-corrected chi connectivity index (χ3v) is 2.11. The average Bonchev–Trinajstić information content (AvgIpc) is 2.16. The second-order valence-electron chi connectivity index (χ2n) is 2.49. The van der Waals surface area contributed by atoms with Crippen molar-refractivity contribution in [2.45, 2.75) is 0 Å². The highest BCUT2D eigenvalue weighted by atomic mass is 35.5. The van der Waals surface area contributed by atoms with Gasteiger partial charge in [-0.2, -0.15) is 0 Å². The van der Waals surface area contributed by atoms with E-state index in [0.717, 1.165) is 0 Å². The van der Waals surface area contributed by atoms with Crippen molar-refractivity contribution in [3.05, 3.63) is 27.3 Å². The lowest BCUT2D eigenvalue weighted by Crippen LogP contribution is -1.97. The first kappa shape index (κ1) is 10.6. The molecule has 0 saturated carbocycles. The van der Waals surface area contributed by atoms with Crippen molar-refractivity contribution >= 4 is 23.0 Å². The number of methoxy groups -OCH3 is 1. The minimum absolute atomic E-state index is 0.00403. The number of nitrogens with zero attached hydrogens (tertiary/aromatic N) is 1. The van der Waals surface area contributed by atoms with Gasteiger partial charge in [0.2, 0.25) is 0 Å². The summed E-state index contributed by atoms with van der Waals surface area (Å²) in [4.78, 5) is 9.98. The van der Waals surface area contributed by atoms with Crippen molar-refractivity contribution in [3.63, 3.8) is 0 Å². The molecule has 0 radical (unpaired) electrons. The number of benzene rings is 1. The van der Waals surface area contributed by atoms with E-state index in [0.29, 0.717) is 5.69 Å². The van der Waals surface area contributed by atoms with E-state index in [-0.39, 0.29) is 16.5 Å². The highest BCUT2D eigenvalue weighted by molar-refractivity contribution is 6.34. The summed E-state index contributed by atoms with van der Waals surface area (Å²) in [6.45, 7) is 0. The number of nitro benzene ring substituents is 1. The molecule has 0 unspecified atom stereocenters. The fraction of sp³-hybridized carbons (Fsp3) is 0.250. The lowest BCUT2D eigenvalue weighted by atomic mass is 10.2. The molecule has 1 aromatic carbocycles. The minimum Gasteiger partial charge on any atom is -0.493 e. The highest BCUT2D eigenvalue weighted by Gasteiger charge is 2.19. The first-order valence-corrected chi connectivity index (χ1v) is 4.18. The third kappa shape index (κ3) is 1.72. The molecule has 76 valence electrons. The summed E-state index contributed by atoms with van der Waals surface area (Å²) in [6.07, 6.45) is 0. The standard InChI is InChI=1S/C8H9ClN2O3/c1-10-5-3-4-6(11(12)13)7(9)8(5)14-2/h3-4,10H,1-2H3. The van der Waals surface area contributed by atoms with Crippen LogP contribution in [0.3, 0.4) is 0 Å². The van der Waals surface area contributed by atoms with Gasteiger partial charge in [-0.25, -0.2) is 0 Å². The summed E-state index contributed by atoms with van der Waals surface area (Å²) >= 11 is 5.78. The highest BCUT2D eigenvalue weighted by Crippen LogP contribution is 2.39. The van der Waals surface area contributed by atoms with Crippen LogP contribution >= 0.6 is 11.6 Å². The van der Waals surface area contributed by atoms with Crippen LogP contribution in [0.1, 0.15) is 0 Å². The summed E-state index contributed by atoms with van der Waals surface area (Å²) in [5.74, 6) is 0.281. The van der Waals surface area contributed by atoms with E-state index >= 15 is 0 Å². The first-order chi connectivity index (χ1) is 6.61. The van der Waals surface area contributed by atoms with Gasteiger partial charge in [0.15, 0.2) is 10.8 Å². The molecule has 0 amide bonds. The molecule has 1 N–H and O–H groups in total. The molecule has 1 aromatic rings. The topological polar surface area (TPSA) is 64.4 Å². The monoisotopic (exact) mass is 216 g/mol. The largest absolute Gasteiger partial charge is 0.493 e. The fourth-order valence-corrected chi connectivity index (χ4v) is 1.39. The molecule has 0 aliphatic carbocycles. The van der Waals surface area contributed by atoms with Crippen molar-refractivity contribution < 1.29 is 9.66 Å². The van der Waals surface area contributed by atoms with Crippen LogP contribution in [0.25, 0.3) is 0 Å². The Morgan fingerprint density at radius 2 is 2.21 bits per heavy atom. The molecule has 0 aromatic heterocycles. The third-order valence-electron chi connectivity index (χ3n) is 1.75. The predicted octanol–water partition coefficient (Wildman–Crippen LogP) is 2.30. The van der Waals surface area contributed by atoms with Crippen molar-refractivity contribution in [2.75, 3.05) is 19.5 Å². The van der Waals surface area contributed by atoms with Gasteiger partial charge in [-0.15, -0.1) is 0 Å². The predicted molar refractivity (Wildman–Crippen MR) is 54.2 cm³/mol. The van der Waals surface area contributed by atoms with Gasteiger partial charge >= 0.3 is 0 Å². The smallest absolute Gasteiger partial charge is 0.291 e. The Bertz CT molecular complexity index is 368. The van der Waals surface area contributed by atoms with E-state index in [4.69, 9.17) is 16.3 Å². The Hall–Kier alpha value is -1.49. The number of hydrogen-bond acceptors (Lipinski definition) is 4. The van der Waals surface area contributed by atoms with E-state index in [1.165, 1.54) is 13.2 Å². The van der Waals surface area contributed by atoms with E-state index in [1.54, 1.807) is 13.1 Å². The van der Waals surface area contributed by atoms with Crippen LogP contribution in [0.2, 0.25) is 5.02 Å². The molecular formula is C8H9ClN2O3. The number of ether oxygens (including phenoxy) is 1. The molecule has 14 heavy (non-hydrogen) atoms. The lowest BCUT2D eigenvalue weighted by Gasteiger charge is -2.09. The van der Waals surface area contributed by atoms with Crippen LogP contribution < -0.4 is 10.1 Å². The van der Waals surface area contributed by atoms with Gasteiger partial charge < -0.3 is 10.1 Å². The average molecular weight is 217 g/mol. The molecule has 0 heterocycles. The van der Waals surface area contributed by atoms with Crippen LogP contribution in [-0.4, -0.2) is 19.1 Å². The van der Waals surface area contributed by atoms with Crippen LogP contribution in [0.4, 0.5) is 11.4 Å². The maximum Gasteiger partial charge on any atom is 0.291 e. The van der Waals surface area contributed by atoms with Gasteiger partial charge in [-0.1, -0.05) is 11.6 Å². The molecule has 0 aliphatic heterocycles. The van der Waals surface area contributed by atoms with Crippen molar-refractivity contribution in [2.24, 2.45) is 0 Å². The quantitative estimate of drug-likeness (QED) is 0.622. The van der Waals surface area contributed by atoms with E-state index in [9.17, 15) is 10.1 Å². The van der Waals surface area contributed by atoms with E-state index in [1.807, 2.05) is 0 Å². The van der Waals surface area contributed by atoms with Crippen LogP contribution in [0, 0.1) is 10.1 Å². The molecule has 0 saturated heterocycles. The summed E-state index contributed by atoms with van der Waals surface area (Å²) in [5, 5.41) is 13.4. The Morgan fingerprint density at radius 3 is 2.64 bits per heavy atom. The molecule has 0 atom stereocenters. The normalized spacial score (nSPS) is 9.64. The molecule has 5 nitrogen and oxygen atoms in total. The zero-order valence-electron chi connectivity index (χ0n) is 7.70. The number of anilines is 1. The van der Waals surface area contributed by atoms with Crippen molar-refractivity contribution in [3.8, 4) is 5.75 Å². The molecule has 0 bridgehead atoms. The molecule has 1 rings (SSSR count). The zero-order valence-corrected chi connectivity index (χ0v) is 8.46. The van der Waals surface area contributed by atoms with Gasteiger partial charge in [0.25, 0.3) is 5.69 Å². The first-order valence-electron chi connectivity index (χ1n) is 3.80. The maximum atomic E-state index is 10.5. The number of halogens is 1. The van der Waals surface area contributed by atoms with Crippen molar-refractivity contribution in [1.82, 2.24) is 0 Å². The Morgan fingerprint density at radius 1 is 1.57 bits per heavy atom. The van der Waals surface area contributed by atoms with Crippen LogP contribution in [0.15, 0.2) is 12.1 Å². The number of rotatable bonds is 3. The number of nitrogens with one attached hydrogen (secondary N) is 1. The Labute approximate surface area is 85.8 Å². The number of nitro groups is 1. The SMILES string of the molecule is CNc1ccc([N+](=O)[O-])c(Cl)c1OC.